The van der Waals surface area contributed by atoms with Gasteiger partial charge in [0.05, 0.1) is 12.2 Å². The number of aromatic nitrogens is 3. The minimum absolute atomic E-state index is 0.170. The number of nitrogens with zero attached hydrogens (tertiary/aromatic N) is 3. The van der Waals surface area contributed by atoms with Gasteiger partial charge in [0.2, 0.25) is 0 Å². The van der Waals surface area contributed by atoms with Crippen LogP contribution in [-0.4, -0.2) is 38.7 Å². The minimum atomic E-state index is -0.528. The molecule has 2 atom stereocenters. The highest BCUT2D eigenvalue weighted by Crippen LogP contribution is 2.06. The molecule has 0 fully saturated rings. The number of aliphatic hydroxyl groups excluding tert-OH is 1. The SMILES string of the molecule is CCCn1ncnc1CC(O)C(C)OCC. The monoisotopic (exact) mass is 227 g/mol. The van der Waals surface area contributed by atoms with Crippen molar-refractivity contribution in [3.63, 3.8) is 0 Å². The topological polar surface area (TPSA) is 60.2 Å². The van der Waals surface area contributed by atoms with Crippen LogP contribution in [0.3, 0.4) is 0 Å². The lowest BCUT2D eigenvalue weighted by Gasteiger charge is -2.18. The van der Waals surface area contributed by atoms with Crippen LogP contribution in [0.5, 0.6) is 0 Å². The zero-order chi connectivity index (χ0) is 12.0. The summed E-state index contributed by atoms with van der Waals surface area (Å²) in [5.41, 5.74) is 0. The molecule has 0 amide bonds. The first-order chi connectivity index (χ1) is 7.69. The van der Waals surface area contributed by atoms with E-state index in [1.807, 2.05) is 18.5 Å². The van der Waals surface area contributed by atoms with E-state index in [1.54, 1.807) is 0 Å². The van der Waals surface area contributed by atoms with Gasteiger partial charge in [-0.2, -0.15) is 5.10 Å². The van der Waals surface area contributed by atoms with Gasteiger partial charge in [0, 0.05) is 19.6 Å². The van der Waals surface area contributed by atoms with E-state index < -0.39 is 6.10 Å². The zero-order valence-electron chi connectivity index (χ0n) is 10.3. The normalized spacial score (nSPS) is 15.0. The van der Waals surface area contributed by atoms with Crippen LogP contribution in [-0.2, 0) is 17.7 Å². The number of aliphatic hydroxyl groups is 1. The molecule has 1 heterocycles. The Morgan fingerprint density at radius 3 is 2.88 bits per heavy atom. The molecule has 1 N–H and O–H groups in total. The van der Waals surface area contributed by atoms with Gasteiger partial charge in [0.15, 0.2) is 0 Å². The van der Waals surface area contributed by atoms with Crippen molar-refractivity contribution in [3.8, 4) is 0 Å². The van der Waals surface area contributed by atoms with Crippen molar-refractivity contribution in [1.82, 2.24) is 14.8 Å². The molecule has 5 heteroatoms. The zero-order valence-corrected chi connectivity index (χ0v) is 10.3. The van der Waals surface area contributed by atoms with Crippen LogP contribution in [0.4, 0.5) is 0 Å². The van der Waals surface area contributed by atoms with Gasteiger partial charge in [-0.1, -0.05) is 6.92 Å². The largest absolute Gasteiger partial charge is 0.390 e. The summed E-state index contributed by atoms with van der Waals surface area (Å²) in [5.74, 6) is 0.820. The van der Waals surface area contributed by atoms with Gasteiger partial charge >= 0.3 is 0 Å². The highest BCUT2D eigenvalue weighted by molar-refractivity contribution is 4.89. The Morgan fingerprint density at radius 1 is 1.50 bits per heavy atom. The molecule has 0 aliphatic carbocycles. The van der Waals surface area contributed by atoms with Gasteiger partial charge in [-0.3, -0.25) is 4.68 Å². The first-order valence-electron chi connectivity index (χ1n) is 5.85. The second-order valence-electron chi connectivity index (χ2n) is 3.83. The summed E-state index contributed by atoms with van der Waals surface area (Å²) in [5, 5.41) is 14.0. The fraction of sp³-hybridized carbons (Fsp3) is 0.818. The molecule has 2 unspecified atom stereocenters. The summed E-state index contributed by atoms with van der Waals surface area (Å²) in [7, 11) is 0. The highest BCUT2D eigenvalue weighted by Gasteiger charge is 2.17. The quantitative estimate of drug-likeness (QED) is 0.755. The summed E-state index contributed by atoms with van der Waals surface area (Å²) in [4.78, 5) is 4.15. The van der Waals surface area contributed by atoms with Crippen molar-refractivity contribution < 1.29 is 9.84 Å². The van der Waals surface area contributed by atoms with Gasteiger partial charge < -0.3 is 9.84 Å². The first-order valence-corrected chi connectivity index (χ1v) is 5.85. The maximum absolute atomic E-state index is 9.91. The standard InChI is InChI=1S/C11H21N3O2/c1-4-6-14-11(12-8-13-14)7-10(15)9(3)16-5-2/h8-10,15H,4-7H2,1-3H3. The molecular formula is C11H21N3O2. The molecule has 5 nitrogen and oxygen atoms in total. The van der Waals surface area contributed by atoms with Crippen molar-refractivity contribution in [3.05, 3.63) is 12.2 Å². The molecule has 1 rings (SSSR count). The van der Waals surface area contributed by atoms with Crippen LogP contribution in [0, 0.1) is 0 Å². The number of hydrogen-bond acceptors (Lipinski definition) is 4. The predicted octanol–water partition coefficient (Wildman–Crippen LogP) is 1.02. The molecule has 0 aromatic carbocycles. The maximum atomic E-state index is 9.91. The Kier molecular flexibility index (Phi) is 5.42. The van der Waals surface area contributed by atoms with Crippen molar-refractivity contribution in [2.75, 3.05) is 6.61 Å². The molecule has 1 aromatic heterocycles. The fourth-order valence-corrected chi connectivity index (χ4v) is 1.57. The summed E-state index contributed by atoms with van der Waals surface area (Å²) in [6.07, 6.45) is 2.33. The molecule has 0 aliphatic rings. The lowest BCUT2D eigenvalue weighted by atomic mass is 10.1. The lowest BCUT2D eigenvalue weighted by molar-refractivity contribution is -0.0220. The van der Waals surface area contributed by atoms with E-state index in [2.05, 4.69) is 17.0 Å². The average Bonchev–Trinajstić information content (AvgIpc) is 2.67. The Balaban J connectivity index is 2.54. The Morgan fingerprint density at radius 2 is 2.25 bits per heavy atom. The van der Waals surface area contributed by atoms with Crippen LogP contribution in [0.15, 0.2) is 6.33 Å². The fourth-order valence-electron chi connectivity index (χ4n) is 1.57. The molecule has 0 saturated carbocycles. The number of aryl methyl sites for hydroxylation is 1. The lowest BCUT2D eigenvalue weighted by Crippen LogP contribution is -2.29. The van der Waals surface area contributed by atoms with Crippen LogP contribution in [0.1, 0.15) is 33.0 Å². The Hall–Kier alpha value is -0.940. The average molecular weight is 227 g/mol. The van der Waals surface area contributed by atoms with E-state index in [0.29, 0.717) is 13.0 Å². The third-order valence-electron chi connectivity index (χ3n) is 2.49. The van der Waals surface area contributed by atoms with Crippen LogP contribution in [0.2, 0.25) is 0 Å². The first kappa shape index (κ1) is 13.1. The highest BCUT2D eigenvalue weighted by atomic mass is 16.5. The van der Waals surface area contributed by atoms with Crippen molar-refractivity contribution in [1.29, 1.82) is 0 Å². The van der Waals surface area contributed by atoms with Gasteiger partial charge in [-0.05, 0) is 20.3 Å². The maximum Gasteiger partial charge on any atom is 0.138 e. The molecule has 0 radical (unpaired) electrons. The molecule has 92 valence electrons. The van der Waals surface area contributed by atoms with E-state index in [1.165, 1.54) is 6.33 Å². The summed E-state index contributed by atoms with van der Waals surface area (Å²) >= 11 is 0. The second-order valence-corrected chi connectivity index (χ2v) is 3.83. The van der Waals surface area contributed by atoms with Crippen molar-refractivity contribution >= 4 is 0 Å². The van der Waals surface area contributed by atoms with Gasteiger partial charge in [-0.25, -0.2) is 4.98 Å². The van der Waals surface area contributed by atoms with E-state index in [9.17, 15) is 5.11 Å². The third kappa shape index (κ3) is 3.57. The number of hydrogen-bond donors (Lipinski definition) is 1. The molecule has 1 aromatic rings. The van der Waals surface area contributed by atoms with Crippen LogP contribution >= 0.6 is 0 Å². The van der Waals surface area contributed by atoms with E-state index in [-0.39, 0.29) is 6.10 Å². The summed E-state index contributed by atoms with van der Waals surface area (Å²) in [6, 6.07) is 0. The van der Waals surface area contributed by atoms with E-state index in [4.69, 9.17) is 4.74 Å². The van der Waals surface area contributed by atoms with E-state index in [0.717, 1.165) is 18.8 Å². The Labute approximate surface area is 96.5 Å². The van der Waals surface area contributed by atoms with Crippen LogP contribution < -0.4 is 0 Å². The summed E-state index contributed by atoms with van der Waals surface area (Å²) < 4.78 is 7.18. The smallest absolute Gasteiger partial charge is 0.138 e. The number of ether oxygens (including phenoxy) is 1. The molecule has 0 spiro atoms. The second kappa shape index (κ2) is 6.60. The van der Waals surface area contributed by atoms with Gasteiger partial charge in [-0.15, -0.1) is 0 Å². The number of rotatable bonds is 7. The Bertz CT molecular complexity index is 301. The van der Waals surface area contributed by atoms with Crippen molar-refractivity contribution in [2.45, 2.75) is 52.4 Å². The summed E-state index contributed by atoms with van der Waals surface area (Å²) in [6.45, 7) is 7.33. The minimum Gasteiger partial charge on any atom is -0.390 e. The molecular weight excluding hydrogens is 206 g/mol. The molecule has 16 heavy (non-hydrogen) atoms. The van der Waals surface area contributed by atoms with E-state index >= 15 is 0 Å². The van der Waals surface area contributed by atoms with Gasteiger partial charge in [0.25, 0.3) is 0 Å². The molecule has 0 saturated heterocycles. The van der Waals surface area contributed by atoms with Crippen LogP contribution in [0.25, 0.3) is 0 Å². The van der Waals surface area contributed by atoms with Gasteiger partial charge in [0.1, 0.15) is 12.2 Å². The third-order valence-corrected chi connectivity index (χ3v) is 2.49. The predicted molar refractivity (Wildman–Crippen MR) is 61.1 cm³/mol. The molecule has 0 bridgehead atoms. The van der Waals surface area contributed by atoms with Crippen molar-refractivity contribution in [2.24, 2.45) is 0 Å². The molecule has 0 aliphatic heterocycles.